The summed E-state index contributed by atoms with van der Waals surface area (Å²) >= 11 is 0. The number of rotatable bonds is 6. The van der Waals surface area contributed by atoms with E-state index in [-0.39, 0.29) is 5.41 Å². The first-order valence-electron chi connectivity index (χ1n) is 11.1. The minimum atomic E-state index is 0.0300. The molecule has 0 saturated heterocycles. The Balaban J connectivity index is 1.60. The molecule has 0 atom stereocenters. The van der Waals surface area contributed by atoms with Gasteiger partial charge in [0.2, 0.25) is 0 Å². The maximum Gasteiger partial charge on any atom is 0.362 e. The fourth-order valence-electron chi connectivity index (χ4n) is 5.14. The Labute approximate surface area is 170 Å². The molecule has 3 nitrogen and oxygen atoms in total. The first kappa shape index (κ1) is 19.3. The van der Waals surface area contributed by atoms with E-state index < -0.39 is 0 Å². The molecule has 1 aliphatic carbocycles. The number of likely N-dealkylation sites (N-methyl/N-ethyl adjacent to an activating group) is 1. The van der Waals surface area contributed by atoms with Gasteiger partial charge >= 0.3 is 5.90 Å². The van der Waals surface area contributed by atoms with Crippen LogP contribution in [0.2, 0.25) is 0 Å². The molecule has 3 heteroatoms. The monoisotopic (exact) mass is 379 g/mol. The molecule has 0 bridgehead atoms. The zero-order valence-electron chi connectivity index (χ0n) is 17.8. The van der Waals surface area contributed by atoms with Crippen molar-refractivity contribution >= 4 is 11.6 Å². The van der Waals surface area contributed by atoms with Gasteiger partial charge < -0.3 is 9.64 Å². The Morgan fingerprint density at radius 1 is 1.21 bits per heavy atom. The van der Waals surface area contributed by atoms with Gasteiger partial charge in [-0.05, 0) is 37.0 Å². The van der Waals surface area contributed by atoms with Crippen molar-refractivity contribution in [2.45, 2.75) is 58.3 Å². The molecule has 3 aliphatic rings. The molecular weight excluding hydrogens is 344 g/mol. The summed E-state index contributed by atoms with van der Waals surface area (Å²) in [5, 5.41) is 0. The molecule has 0 radical (unpaired) electrons. The van der Waals surface area contributed by atoms with Crippen LogP contribution in [0.5, 0.6) is 0 Å². The molecule has 0 N–H and O–H groups in total. The zero-order chi connectivity index (χ0) is 19.6. The molecule has 2 aliphatic heterocycles. The van der Waals surface area contributed by atoms with E-state index in [9.17, 15) is 0 Å². The van der Waals surface area contributed by atoms with Gasteiger partial charge in [0.25, 0.3) is 0 Å². The maximum absolute atomic E-state index is 5.79. The molecule has 4 rings (SSSR count). The van der Waals surface area contributed by atoms with E-state index in [4.69, 9.17) is 4.74 Å². The van der Waals surface area contributed by atoms with Crippen LogP contribution < -0.4 is 4.90 Å². The number of anilines is 1. The lowest BCUT2D eigenvalue weighted by atomic mass is 9.83. The van der Waals surface area contributed by atoms with Gasteiger partial charge in [-0.15, -0.1) is 0 Å². The molecule has 2 heterocycles. The van der Waals surface area contributed by atoms with Gasteiger partial charge in [-0.1, -0.05) is 63.8 Å². The van der Waals surface area contributed by atoms with Crippen LogP contribution in [0.4, 0.5) is 5.69 Å². The fraction of sp³-hybridized carbons (Fsp3) is 0.560. The van der Waals surface area contributed by atoms with Crippen LogP contribution >= 0.6 is 0 Å². The summed E-state index contributed by atoms with van der Waals surface area (Å²) in [6.07, 6.45) is 13.6. The smallest absolute Gasteiger partial charge is 0.362 e. The zero-order valence-corrected chi connectivity index (χ0v) is 17.8. The summed E-state index contributed by atoms with van der Waals surface area (Å²) in [5.74, 6) is 1.92. The minimum Gasteiger partial charge on any atom is -0.438 e. The standard InChI is InChI=1S/C25H35N2O/c1-4-26-18-19-28-24(26)15-9-14-23-25(2,3)21-12-7-8-13-22(21)27(23)17-16-20-10-5-6-11-20/h7-9,12-15,20H,4-6,10-11,16-19H2,1-3H3/q+1. The summed E-state index contributed by atoms with van der Waals surface area (Å²) in [4.78, 5) is 2.58. The highest BCUT2D eigenvalue weighted by Crippen LogP contribution is 2.48. The molecule has 1 saturated carbocycles. The average molecular weight is 380 g/mol. The second-order valence-corrected chi connectivity index (χ2v) is 8.91. The predicted octanol–water partition coefficient (Wildman–Crippen LogP) is 5.27. The van der Waals surface area contributed by atoms with Crippen LogP contribution in [0, 0.1) is 5.92 Å². The van der Waals surface area contributed by atoms with Crippen LogP contribution in [0.15, 0.2) is 48.2 Å². The van der Waals surface area contributed by atoms with E-state index in [0.717, 1.165) is 38.1 Å². The third-order valence-corrected chi connectivity index (χ3v) is 6.83. The second kappa shape index (κ2) is 8.14. The quantitative estimate of drug-likeness (QED) is 0.626. The van der Waals surface area contributed by atoms with Crippen molar-refractivity contribution in [2.75, 3.05) is 31.1 Å². The average Bonchev–Trinajstić information content (AvgIpc) is 3.41. The number of hydrogen-bond donors (Lipinski definition) is 0. The Morgan fingerprint density at radius 3 is 2.79 bits per heavy atom. The number of ether oxygens (including phenoxy) is 1. The van der Waals surface area contributed by atoms with Crippen LogP contribution in [-0.4, -0.2) is 36.7 Å². The van der Waals surface area contributed by atoms with Crippen LogP contribution in [0.1, 0.15) is 58.4 Å². The number of nitrogens with zero attached hydrogens (tertiary/aromatic N) is 2. The summed E-state index contributed by atoms with van der Waals surface area (Å²) < 4.78 is 8.08. The largest absolute Gasteiger partial charge is 0.438 e. The van der Waals surface area contributed by atoms with Gasteiger partial charge in [0.05, 0.1) is 0 Å². The van der Waals surface area contributed by atoms with Crippen molar-refractivity contribution in [3.63, 3.8) is 0 Å². The first-order chi connectivity index (χ1) is 13.6. The van der Waals surface area contributed by atoms with Gasteiger partial charge in [-0.25, -0.2) is 0 Å². The molecule has 28 heavy (non-hydrogen) atoms. The van der Waals surface area contributed by atoms with Crippen molar-refractivity contribution in [1.29, 1.82) is 0 Å². The molecule has 0 spiro atoms. The molecule has 0 aromatic heterocycles. The van der Waals surface area contributed by atoms with Crippen LogP contribution in [0.25, 0.3) is 0 Å². The Bertz CT molecular complexity index is 797. The number of benzene rings is 1. The van der Waals surface area contributed by atoms with Crippen molar-refractivity contribution < 1.29 is 9.31 Å². The lowest BCUT2D eigenvalue weighted by Crippen LogP contribution is -2.27. The van der Waals surface area contributed by atoms with Crippen LogP contribution in [0.3, 0.4) is 0 Å². The molecule has 1 aromatic carbocycles. The Morgan fingerprint density at radius 2 is 2.00 bits per heavy atom. The number of para-hydroxylation sites is 1. The lowest BCUT2D eigenvalue weighted by Gasteiger charge is -2.28. The highest BCUT2D eigenvalue weighted by Gasteiger charge is 2.39. The number of fused-ring (bicyclic) bond motifs is 1. The molecular formula is C25H35N2O+. The third-order valence-electron chi connectivity index (χ3n) is 6.83. The van der Waals surface area contributed by atoms with Gasteiger partial charge in [-0.2, -0.15) is 4.58 Å². The highest BCUT2D eigenvalue weighted by molar-refractivity contribution is 5.84. The Hall–Kier alpha value is -2.03. The lowest BCUT2D eigenvalue weighted by molar-refractivity contribution is -0.513. The fourth-order valence-corrected chi connectivity index (χ4v) is 5.14. The number of hydrogen-bond acceptors (Lipinski definition) is 2. The minimum absolute atomic E-state index is 0.0300. The summed E-state index contributed by atoms with van der Waals surface area (Å²) in [6, 6.07) is 8.95. The summed E-state index contributed by atoms with van der Waals surface area (Å²) in [7, 11) is 0. The molecule has 150 valence electrons. The van der Waals surface area contributed by atoms with Crippen molar-refractivity contribution in [3.05, 3.63) is 53.8 Å². The predicted molar refractivity (Wildman–Crippen MR) is 117 cm³/mol. The molecule has 0 unspecified atom stereocenters. The van der Waals surface area contributed by atoms with E-state index in [1.165, 1.54) is 49.1 Å². The molecule has 1 fully saturated rings. The van der Waals surface area contributed by atoms with Crippen LogP contribution in [-0.2, 0) is 10.2 Å². The molecule has 1 aromatic rings. The third kappa shape index (κ3) is 3.64. The SMILES string of the molecule is CC[N+]1=C(/C=C/C=C2/N(CCC3CCCC3)c3ccccc3C2(C)C)OCC1. The van der Waals surface area contributed by atoms with Crippen molar-refractivity contribution in [2.24, 2.45) is 5.92 Å². The maximum atomic E-state index is 5.79. The van der Waals surface area contributed by atoms with Gasteiger partial charge in [0, 0.05) is 29.4 Å². The van der Waals surface area contributed by atoms with Gasteiger partial charge in [0.1, 0.15) is 6.54 Å². The van der Waals surface area contributed by atoms with Gasteiger partial charge in [-0.3, -0.25) is 0 Å². The summed E-state index contributed by atoms with van der Waals surface area (Å²) in [6.45, 7) is 10.8. The van der Waals surface area contributed by atoms with Crippen molar-refractivity contribution in [1.82, 2.24) is 0 Å². The topological polar surface area (TPSA) is 15.5 Å². The normalized spacial score (nSPS) is 23.2. The highest BCUT2D eigenvalue weighted by atomic mass is 16.5. The van der Waals surface area contributed by atoms with E-state index in [1.807, 2.05) is 0 Å². The first-order valence-corrected chi connectivity index (χ1v) is 11.1. The van der Waals surface area contributed by atoms with E-state index in [0.29, 0.717) is 0 Å². The second-order valence-electron chi connectivity index (χ2n) is 8.91. The van der Waals surface area contributed by atoms with E-state index in [2.05, 4.69) is 72.7 Å². The van der Waals surface area contributed by atoms with Crippen molar-refractivity contribution in [3.8, 4) is 0 Å². The summed E-state index contributed by atoms with van der Waals surface area (Å²) in [5.41, 5.74) is 4.28. The number of allylic oxidation sites excluding steroid dienone is 3. The molecule has 0 amide bonds. The van der Waals surface area contributed by atoms with Gasteiger partial charge in [0.15, 0.2) is 13.2 Å². The van der Waals surface area contributed by atoms with E-state index in [1.54, 1.807) is 0 Å². The Kier molecular flexibility index (Phi) is 5.61. The van der Waals surface area contributed by atoms with E-state index >= 15 is 0 Å².